The second-order valence-corrected chi connectivity index (χ2v) is 4.83. The zero-order valence-corrected chi connectivity index (χ0v) is 11.6. The van der Waals surface area contributed by atoms with Gasteiger partial charge in [0, 0.05) is 17.3 Å². The van der Waals surface area contributed by atoms with E-state index in [4.69, 9.17) is 10.6 Å². The van der Waals surface area contributed by atoms with E-state index in [9.17, 15) is 0 Å². The highest BCUT2D eigenvalue weighted by molar-refractivity contribution is 7.98. The van der Waals surface area contributed by atoms with E-state index in [1.165, 1.54) is 0 Å². The highest BCUT2D eigenvalue weighted by Gasteiger charge is 2.11. The molecule has 0 saturated heterocycles. The van der Waals surface area contributed by atoms with Gasteiger partial charge in [0.05, 0.1) is 6.20 Å². The van der Waals surface area contributed by atoms with Gasteiger partial charge in [-0.1, -0.05) is 12.1 Å². The van der Waals surface area contributed by atoms with Crippen LogP contribution in [0.4, 0.5) is 5.82 Å². The van der Waals surface area contributed by atoms with Crippen molar-refractivity contribution in [2.24, 2.45) is 5.84 Å². The lowest BCUT2D eigenvalue weighted by Crippen LogP contribution is -2.10. The van der Waals surface area contributed by atoms with Crippen molar-refractivity contribution >= 4 is 23.2 Å². The molecule has 102 valence electrons. The number of anilines is 1. The first-order valence-corrected chi connectivity index (χ1v) is 7.15. The minimum atomic E-state index is 0.409. The van der Waals surface area contributed by atoms with Gasteiger partial charge in [0.15, 0.2) is 5.82 Å². The zero-order chi connectivity index (χ0) is 13.9. The molecule has 3 aromatic rings. The Morgan fingerprint density at radius 1 is 1.35 bits per heavy atom. The first-order chi connectivity index (χ1) is 9.81. The topological polar surface area (TPSA) is 77.5 Å². The van der Waals surface area contributed by atoms with E-state index in [1.807, 2.05) is 36.7 Å². The molecule has 0 spiro atoms. The molecule has 0 aliphatic heterocycles. The van der Waals surface area contributed by atoms with Crippen molar-refractivity contribution < 1.29 is 4.74 Å². The predicted octanol–water partition coefficient (Wildman–Crippen LogP) is 2.53. The van der Waals surface area contributed by atoms with E-state index in [-0.39, 0.29) is 0 Å². The van der Waals surface area contributed by atoms with Crippen molar-refractivity contribution in [1.29, 1.82) is 0 Å². The van der Waals surface area contributed by atoms with Crippen molar-refractivity contribution in [2.45, 2.75) is 4.90 Å². The molecule has 3 N–H and O–H groups in total. The summed E-state index contributed by atoms with van der Waals surface area (Å²) < 4.78 is 7.71. The number of hydrogen-bond acceptors (Lipinski definition) is 6. The van der Waals surface area contributed by atoms with Crippen LogP contribution in [0.15, 0.2) is 47.8 Å². The number of ether oxygens (including phenoxy) is 1. The van der Waals surface area contributed by atoms with Crippen LogP contribution in [0.5, 0.6) is 11.6 Å². The van der Waals surface area contributed by atoms with Crippen molar-refractivity contribution in [3.8, 4) is 11.6 Å². The van der Waals surface area contributed by atoms with E-state index in [1.54, 1.807) is 28.6 Å². The number of thioether (sulfide) groups is 1. The largest absolute Gasteiger partial charge is 0.435 e. The number of nitrogens with one attached hydrogen (secondary N) is 1. The van der Waals surface area contributed by atoms with Crippen LogP contribution in [0.25, 0.3) is 5.65 Å². The Morgan fingerprint density at radius 2 is 2.20 bits per heavy atom. The first-order valence-electron chi connectivity index (χ1n) is 5.93. The van der Waals surface area contributed by atoms with Gasteiger partial charge in [-0.25, -0.2) is 10.8 Å². The van der Waals surface area contributed by atoms with Crippen molar-refractivity contribution in [3.05, 3.63) is 42.9 Å². The Balaban J connectivity index is 2.07. The molecule has 0 aliphatic carbocycles. The van der Waals surface area contributed by atoms with Gasteiger partial charge in [-0.15, -0.1) is 11.8 Å². The molecule has 2 heterocycles. The molecular formula is C13H13N5OS. The Bertz CT molecular complexity index is 742. The molecule has 0 aliphatic rings. The number of nitrogen functional groups attached to an aromatic ring is 1. The third-order valence-corrected chi connectivity index (χ3v) is 3.54. The van der Waals surface area contributed by atoms with Crippen LogP contribution in [0.1, 0.15) is 0 Å². The Labute approximate surface area is 120 Å². The molecule has 0 radical (unpaired) electrons. The number of para-hydroxylation sites is 1. The van der Waals surface area contributed by atoms with E-state index >= 15 is 0 Å². The molecular weight excluding hydrogens is 274 g/mol. The molecule has 0 amide bonds. The van der Waals surface area contributed by atoms with Gasteiger partial charge >= 0.3 is 0 Å². The molecule has 0 atom stereocenters. The fourth-order valence-electron chi connectivity index (χ4n) is 1.85. The number of hydrazine groups is 1. The maximum absolute atomic E-state index is 5.90. The molecule has 0 unspecified atom stereocenters. The van der Waals surface area contributed by atoms with Gasteiger partial charge in [-0.3, -0.25) is 4.40 Å². The Kier molecular flexibility index (Phi) is 3.44. The maximum atomic E-state index is 5.90. The summed E-state index contributed by atoms with van der Waals surface area (Å²) in [6.07, 6.45) is 7.24. The van der Waals surface area contributed by atoms with Crippen molar-refractivity contribution in [2.75, 3.05) is 11.7 Å². The minimum Gasteiger partial charge on any atom is -0.435 e. The summed E-state index contributed by atoms with van der Waals surface area (Å²) >= 11 is 1.61. The van der Waals surface area contributed by atoms with E-state index in [0.717, 1.165) is 10.6 Å². The number of imidazole rings is 1. The lowest BCUT2D eigenvalue weighted by molar-refractivity contribution is 0.455. The number of nitrogens with zero attached hydrogens (tertiary/aromatic N) is 3. The average molecular weight is 287 g/mol. The predicted molar refractivity (Wildman–Crippen MR) is 79.1 cm³/mol. The molecule has 2 aromatic heterocycles. The third kappa shape index (κ3) is 2.28. The lowest BCUT2D eigenvalue weighted by Gasteiger charge is -2.10. The fourth-order valence-corrected chi connectivity index (χ4v) is 2.37. The molecule has 3 rings (SSSR count). The monoisotopic (exact) mass is 287 g/mol. The van der Waals surface area contributed by atoms with Gasteiger partial charge in [0.25, 0.3) is 5.88 Å². The second kappa shape index (κ2) is 5.40. The van der Waals surface area contributed by atoms with E-state index < -0.39 is 0 Å². The first kappa shape index (κ1) is 12.8. The second-order valence-electron chi connectivity index (χ2n) is 3.99. The molecule has 20 heavy (non-hydrogen) atoms. The van der Waals surface area contributed by atoms with Gasteiger partial charge < -0.3 is 10.2 Å². The van der Waals surface area contributed by atoms with Crippen LogP contribution in [0.3, 0.4) is 0 Å². The fraction of sp³-hybridized carbons (Fsp3) is 0.0769. The summed E-state index contributed by atoms with van der Waals surface area (Å²) in [5, 5.41) is 0. The molecule has 7 heteroatoms. The quantitative estimate of drug-likeness (QED) is 0.436. The molecule has 6 nitrogen and oxygen atoms in total. The summed E-state index contributed by atoms with van der Waals surface area (Å²) in [6, 6.07) is 7.78. The number of aromatic nitrogens is 3. The maximum Gasteiger partial charge on any atom is 0.265 e. The van der Waals surface area contributed by atoms with Crippen molar-refractivity contribution in [1.82, 2.24) is 14.4 Å². The SMILES string of the molecule is CSc1ccccc1Oc1nc(NN)cn2ccnc12. The van der Waals surface area contributed by atoms with Crippen LogP contribution >= 0.6 is 11.8 Å². The van der Waals surface area contributed by atoms with Crippen LogP contribution in [0.2, 0.25) is 0 Å². The molecule has 0 fully saturated rings. The molecule has 0 saturated carbocycles. The highest BCUT2D eigenvalue weighted by atomic mass is 32.2. The van der Waals surface area contributed by atoms with Crippen LogP contribution < -0.4 is 16.0 Å². The van der Waals surface area contributed by atoms with Gasteiger partial charge in [0.2, 0.25) is 5.65 Å². The van der Waals surface area contributed by atoms with E-state index in [0.29, 0.717) is 17.3 Å². The Hall–Kier alpha value is -2.25. The Morgan fingerprint density at radius 3 is 3.00 bits per heavy atom. The molecule has 1 aromatic carbocycles. The van der Waals surface area contributed by atoms with E-state index in [2.05, 4.69) is 15.4 Å². The minimum absolute atomic E-state index is 0.409. The number of rotatable bonds is 4. The number of benzene rings is 1. The zero-order valence-electron chi connectivity index (χ0n) is 10.8. The lowest BCUT2D eigenvalue weighted by atomic mass is 10.3. The number of fused-ring (bicyclic) bond motifs is 1. The van der Waals surface area contributed by atoms with Crippen molar-refractivity contribution in [3.63, 3.8) is 0 Å². The summed E-state index contributed by atoms with van der Waals surface area (Å²) in [4.78, 5) is 9.59. The number of nitrogens with two attached hydrogens (primary N) is 1. The van der Waals surface area contributed by atoms with Crippen LogP contribution in [0, 0.1) is 0 Å². The summed E-state index contributed by atoms with van der Waals surface area (Å²) in [7, 11) is 0. The highest BCUT2D eigenvalue weighted by Crippen LogP contribution is 2.32. The average Bonchev–Trinajstić information content (AvgIpc) is 2.96. The van der Waals surface area contributed by atoms with Crippen LogP contribution in [-0.4, -0.2) is 20.6 Å². The third-order valence-electron chi connectivity index (χ3n) is 2.77. The van der Waals surface area contributed by atoms with Gasteiger partial charge in [0.1, 0.15) is 5.75 Å². The van der Waals surface area contributed by atoms with Gasteiger partial charge in [-0.2, -0.15) is 4.98 Å². The summed E-state index contributed by atoms with van der Waals surface area (Å²) in [5.74, 6) is 7.08. The smallest absolute Gasteiger partial charge is 0.265 e. The van der Waals surface area contributed by atoms with Crippen LogP contribution in [-0.2, 0) is 0 Å². The standard InChI is InChI=1S/C13H13N5OS/c1-20-10-5-3-2-4-9(10)19-13-12-15-6-7-18(12)8-11(16-13)17-14/h2-8,17H,14H2,1H3. The molecule has 0 bridgehead atoms. The summed E-state index contributed by atoms with van der Waals surface area (Å²) in [6.45, 7) is 0. The normalized spacial score (nSPS) is 10.7. The summed E-state index contributed by atoms with van der Waals surface area (Å²) in [5.41, 5.74) is 3.16. The van der Waals surface area contributed by atoms with Gasteiger partial charge in [-0.05, 0) is 18.4 Å². The number of hydrogen-bond donors (Lipinski definition) is 2.